The molecule has 11 aromatic rings. The molecule has 0 saturated heterocycles. The molecule has 0 spiro atoms. The molecular weight excluding hydrogens is 661 g/mol. The first-order valence-corrected chi connectivity index (χ1v) is 19.0. The van der Waals surface area contributed by atoms with Gasteiger partial charge < -0.3 is 4.42 Å². The summed E-state index contributed by atoms with van der Waals surface area (Å²) < 4.78 is 6.90. The Bertz CT molecular complexity index is 3120. The first-order valence-electron chi connectivity index (χ1n) is 18.2. The second-order valence-electron chi connectivity index (χ2n) is 14.0. The van der Waals surface area contributed by atoms with E-state index >= 15 is 0 Å². The quantitative estimate of drug-likeness (QED) is 0.167. The Labute approximate surface area is 311 Å². The van der Waals surface area contributed by atoms with Gasteiger partial charge in [0.25, 0.3) is 0 Å². The van der Waals surface area contributed by atoms with Crippen LogP contribution in [0, 0.1) is 6.92 Å². The number of fused-ring (bicyclic) bond motifs is 7. The van der Waals surface area contributed by atoms with E-state index in [-0.39, 0.29) is 0 Å². The molecule has 9 aromatic carbocycles. The molecule has 2 heterocycles. The van der Waals surface area contributed by atoms with Crippen LogP contribution in [0.3, 0.4) is 0 Å². The molecule has 248 valence electrons. The Balaban J connectivity index is 1.18. The number of furan rings is 1. The van der Waals surface area contributed by atoms with E-state index < -0.39 is 0 Å². The van der Waals surface area contributed by atoms with E-state index in [1.165, 1.54) is 86.2 Å². The normalized spacial score (nSPS) is 11.9. The third kappa shape index (κ3) is 4.56. The highest BCUT2D eigenvalue weighted by Crippen LogP contribution is 2.49. The van der Waals surface area contributed by atoms with Crippen LogP contribution in [0.2, 0.25) is 0 Å². The molecule has 0 fully saturated rings. The van der Waals surface area contributed by atoms with Gasteiger partial charge in [0.05, 0.1) is 0 Å². The smallest absolute Gasteiger partial charge is 0.143 e. The topological polar surface area (TPSA) is 13.1 Å². The maximum absolute atomic E-state index is 6.90. The van der Waals surface area contributed by atoms with E-state index in [2.05, 4.69) is 183 Å². The summed E-state index contributed by atoms with van der Waals surface area (Å²) in [7, 11) is 0. The maximum atomic E-state index is 6.90. The molecular formula is C51H32OS. The second kappa shape index (κ2) is 11.8. The number of para-hydroxylation sites is 1. The zero-order valence-electron chi connectivity index (χ0n) is 29.1. The highest BCUT2D eigenvalue weighted by molar-refractivity contribution is 7.15. The average Bonchev–Trinajstić information content (AvgIpc) is 3.82. The number of hydrogen-bond donors (Lipinski definition) is 0. The fourth-order valence-electron chi connectivity index (χ4n) is 8.76. The molecule has 1 nitrogen and oxygen atoms in total. The average molecular weight is 693 g/mol. The van der Waals surface area contributed by atoms with Crippen LogP contribution >= 0.6 is 11.3 Å². The number of thiophene rings is 1. The fourth-order valence-corrected chi connectivity index (χ4v) is 9.70. The van der Waals surface area contributed by atoms with Crippen LogP contribution in [-0.2, 0) is 0 Å². The summed E-state index contributed by atoms with van der Waals surface area (Å²) in [5.74, 6) is 0. The molecule has 0 bridgehead atoms. The number of hydrogen-bond acceptors (Lipinski definition) is 2. The summed E-state index contributed by atoms with van der Waals surface area (Å²) >= 11 is 1.86. The van der Waals surface area contributed by atoms with Gasteiger partial charge in [0.1, 0.15) is 11.2 Å². The minimum Gasteiger partial charge on any atom is -0.455 e. The predicted molar refractivity (Wildman–Crippen MR) is 228 cm³/mol. The lowest BCUT2D eigenvalue weighted by Gasteiger charge is -2.17. The van der Waals surface area contributed by atoms with E-state index in [0.29, 0.717) is 0 Å². The van der Waals surface area contributed by atoms with Gasteiger partial charge in [0.2, 0.25) is 0 Å². The van der Waals surface area contributed by atoms with Crippen molar-refractivity contribution in [2.75, 3.05) is 0 Å². The van der Waals surface area contributed by atoms with Crippen LogP contribution < -0.4 is 0 Å². The van der Waals surface area contributed by atoms with Gasteiger partial charge in [-0.05, 0) is 96.5 Å². The summed E-state index contributed by atoms with van der Waals surface area (Å²) in [6.45, 7) is 2.19. The van der Waals surface area contributed by atoms with Gasteiger partial charge in [-0.25, -0.2) is 0 Å². The van der Waals surface area contributed by atoms with Crippen LogP contribution in [0.1, 0.15) is 4.88 Å². The molecule has 0 aliphatic carbocycles. The van der Waals surface area contributed by atoms with E-state index in [9.17, 15) is 0 Å². The lowest BCUT2D eigenvalue weighted by Crippen LogP contribution is -1.90. The molecule has 53 heavy (non-hydrogen) atoms. The highest BCUT2D eigenvalue weighted by atomic mass is 32.1. The molecule has 0 saturated carbocycles. The van der Waals surface area contributed by atoms with Gasteiger partial charge in [-0.3, -0.25) is 0 Å². The Morgan fingerprint density at radius 3 is 1.40 bits per heavy atom. The van der Waals surface area contributed by atoms with Crippen LogP contribution in [0.5, 0.6) is 0 Å². The maximum Gasteiger partial charge on any atom is 0.143 e. The largest absolute Gasteiger partial charge is 0.455 e. The second-order valence-corrected chi connectivity index (χ2v) is 15.2. The minimum atomic E-state index is 0.894. The molecule has 0 N–H and O–H groups in total. The van der Waals surface area contributed by atoms with Crippen molar-refractivity contribution in [3.8, 4) is 43.8 Å². The van der Waals surface area contributed by atoms with Crippen LogP contribution in [0.4, 0.5) is 0 Å². The van der Waals surface area contributed by atoms with Crippen molar-refractivity contribution in [1.82, 2.24) is 0 Å². The third-order valence-electron chi connectivity index (χ3n) is 11.0. The van der Waals surface area contributed by atoms with Crippen molar-refractivity contribution >= 4 is 76.4 Å². The summed E-state index contributed by atoms with van der Waals surface area (Å²) in [6, 6.07) is 64.1. The Kier molecular flexibility index (Phi) is 6.71. The van der Waals surface area contributed by atoms with Gasteiger partial charge >= 0.3 is 0 Å². The van der Waals surface area contributed by atoms with Crippen molar-refractivity contribution in [3.63, 3.8) is 0 Å². The Hall–Kier alpha value is -6.48. The van der Waals surface area contributed by atoms with Gasteiger partial charge in [0, 0.05) is 37.2 Å². The molecule has 0 amide bonds. The van der Waals surface area contributed by atoms with Crippen molar-refractivity contribution in [2.45, 2.75) is 6.92 Å². The van der Waals surface area contributed by atoms with E-state index in [0.717, 1.165) is 27.5 Å². The fraction of sp³-hybridized carbons (Fsp3) is 0.0196. The summed E-state index contributed by atoms with van der Waals surface area (Å²) in [5, 5.41) is 12.2. The van der Waals surface area contributed by atoms with Crippen molar-refractivity contribution < 1.29 is 4.42 Å². The molecule has 2 heteroatoms. The van der Waals surface area contributed by atoms with Crippen molar-refractivity contribution in [3.05, 3.63) is 181 Å². The monoisotopic (exact) mass is 692 g/mol. The standard InChI is InChI=1S/C51H32OS/c1-31-26-29-46(53-31)50-40-22-11-9-20-38(40)49(39-21-10-12-23-41(39)50)43-25-13-24-42-44-30-33(27-28-45(44)52-51(42)43)48-36-18-7-5-16-34(36)47(32-14-3-2-4-15-32)35-17-6-8-19-37(35)48/h2-30H,1H3. The van der Waals surface area contributed by atoms with E-state index in [1.54, 1.807) is 0 Å². The zero-order chi connectivity index (χ0) is 35.0. The van der Waals surface area contributed by atoms with Crippen LogP contribution in [0.15, 0.2) is 180 Å². The van der Waals surface area contributed by atoms with Gasteiger partial charge in [-0.1, -0.05) is 152 Å². The van der Waals surface area contributed by atoms with Crippen molar-refractivity contribution in [2.24, 2.45) is 0 Å². The molecule has 0 atom stereocenters. The number of aryl methyl sites for hydroxylation is 1. The summed E-state index contributed by atoms with van der Waals surface area (Å²) in [5.41, 5.74) is 10.4. The zero-order valence-corrected chi connectivity index (χ0v) is 29.9. The molecule has 0 aliphatic heterocycles. The van der Waals surface area contributed by atoms with Crippen molar-refractivity contribution in [1.29, 1.82) is 0 Å². The summed E-state index contributed by atoms with van der Waals surface area (Å²) in [4.78, 5) is 2.62. The lowest BCUT2D eigenvalue weighted by atomic mass is 9.85. The Morgan fingerprint density at radius 1 is 0.358 bits per heavy atom. The predicted octanol–water partition coefficient (Wildman–Crippen LogP) is 15.2. The van der Waals surface area contributed by atoms with Gasteiger partial charge in [-0.2, -0.15) is 0 Å². The van der Waals surface area contributed by atoms with E-state index in [4.69, 9.17) is 4.42 Å². The molecule has 0 radical (unpaired) electrons. The van der Waals surface area contributed by atoms with Gasteiger partial charge in [0.15, 0.2) is 0 Å². The Morgan fingerprint density at radius 2 is 0.849 bits per heavy atom. The van der Waals surface area contributed by atoms with Crippen LogP contribution in [0.25, 0.3) is 109 Å². The van der Waals surface area contributed by atoms with Crippen LogP contribution in [-0.4, -0.2) is 0 Å². The summed E-state index contributed by atoms with van der Waals surface area (Å²) in [6.07, 6.45) is 0. The third-order valence-corrected chi connectivity index (χ3v) is 12.0. The first kappa shape index (κ1) is 30.2. The highest BCUT2D eigenvalue weighted by Gasteiger charge is 2.22. The molecule has 2 aromatic heterocycles. The van der Waals surface area contributed by atoms with E-state index in [1.807, 2.05) is 11.3 Å². The molecule has 0 unspecified atom stereocenters. The van der Waals surface area contributed by atoms with Gasteiger partial charge in [-0.15, -0.1) is 11.3 Å². The minimum absolute atomic E-state index is 0.894. The molecule has 0 aliphatic rings. The first-order chi connectivity index (χ1) is 26.2. The number of rotatable bonds is 4. The lowest BCUT2D eigenvalue weighted by molar-refractivity contribution is 0.670. The SMILES string of the molecule is Cc1ccc(-c2c3ccccc3c(-c3cccc4c3oc3ccc(-c5c6ccccc6c(-c6ccccc6)c6ccccc56)cc34)c3ccccc23)s1. The molecule has 11 rings (SSSR count). The number of benzene rings is 9.